The van der Waals surface area contributed by atoms with Crippen LogP contribution in [0.2, 0.25) is 0 Å². The standard InChI is InChI=1S/C7H12FNO4S/c1-3-5-6(8)14(11,12)9-13-7(10)4-2/h4,6,9H,2-3,5H2,1H3. The number of carbonyl (C=O) groups excluding carboxylic acids is 1. The molecule has 0 aromatic rings. The van der Waals surface area contributed by atoms with Crippen LogP contribution in [0.5, 0.6) is 0 Å². The van der Waals surface area contributed by atoms with Crippen LogP contribution in [0.4, 0.5) is 4.39 Å². The summed E-state index contributed by atoms with van der Waals surface area (Å²) in [6.07, 6.45) is 0.980. The first-order valence-corrected chi connectivity index (χ1v) is 5.46. The molecule has 5 nitrogen and oxygen atoms in total. The highest BCUT2D eigenvalue weighted by molar-refractivity contribution is 7.89. The van der Waals surface area contributed by atoms with Crippen molar-refractivity contribution in [3.05, 3.63) is 12.7 Å². The number of rotatable bonds is 6. The van der Waals surface area contributed by atoms with E-state index in [2.05, 4.69) is 11.4 Å². The molecule has 82 valence electrons. The van der Waals surface area contributed by atoms with E-state index in [-0.39, 0.29) is 6.42 Å². The van der Waals surface area contributed by atoms with Gasteiger partial charge >= 0.3 is 5.97 Å². The Kier molecular flexibility index (Phi) is 5.32. The fourth-order valence-electron chi connectivity index (χ4n) is 0.575. The van der Waals surface area contributed by atoms with Crippen LogP contribution in [0, 0.1) is 0 Å². The molecule has 0 heterocycles. The Bertz CT molecular complexity index is 301. The molecular formula is C7H12FNO4S. The Hall–Kier alpha value is -0.950. The second-order valence-electron chi connectivity index (χ2n) is 2.45. The molecule has 0 aromatic heterocycles. The lowest BCUT2D eigenvalue weighted by Crippen LogP contribution is -2.33. The third kappa shape index (κ3) is 4.33. The van der Waals surface area contributed by atoms with E-state index in [0.29, 0.717) is 6.42 Å². The Balaban J connectivity index is 4.20. The van der Waals surface area contributed by atoms with Crippen molar-refractivity contribution in [2.24, 2.45) is 0 Å². The molecule has 0 fully saturated rings. The van der Waals surface area contributed by atoms with Gasteiger partial charge in [-0.1, -0.05) is 19.9 Å². The van der Waals surface area contributed by atoms with Gasteiger partial charge in [0, 0.05) is 6.08 Å². The molecule has 0 aromatic carbocycles. The minimum atomic E-state index is -4.24. The Morgan fingerprint density at radius 1 is 1.71 bits per heavy atom. The molecule has 0 bridgehead atoms. The van der Waals surface area contributed by atoms with Crippen LogP contribution in [0.3, 0.4) is 0 Å². The number of alkyl halides is 1. The molecule has 14 heavy (non-hydrogen) atoms. The summed E-state index contributed by atoms with van der Waals surface area (Å²) in [4.78, 5) is 15.8. The number of nitrogens with one attached hydrogen (secondary N) is 1. The molecule has 0 aliphatic heterocycles. The third-order valence-electron chi connectivity index (χ3n) is 1.28. The maximum atomic E-state index is 12.9. The van der Waals surface area contributed by atoms with Crippen LogP contribution < -0.4 is 4.89 Å². The monoisotopic (exact) mass is 225 g/mol. The molecule has 0 saturated heterocycles. The fourth-order valence-corrected chi connectivity index (χ4v) is 1.42. The van der Waals surface area contributed by atoms with E-state index in [1.54, 1.807) is 6.92 Å². The van der Waals surface area contributed by atoms with Crippen molar-refractivity contribution in [2.45, 2.75) is 25.3 Å². The first-order valence-electron chi connectivity index (χ1n) is 3.92. The third-order valence-corrected chi connectivity index (χ3v) is 2.50. The number of sulfonamides is 1. The minimum absolute atomic E-state index is 0.152. The zero-order chi connectivity index (χ0) is 11.2. The summed E-state index contributed by atoms with van der Waals surface area (Å²) in [6, 6.07) is 0. The lowest BCUT2D eigenvalue weighted by Gasteiger charge is -2.08. The zero-order valence-corrected chi connectivity index (χ0v) is 8.51. The summed E-state index contributed by atoms with van der Waals surface area (Å²) in [5, 5.41) is 0. The van der Waals surface area contributed by atoms with E-state index in [0.717, 1.165) is 6.08 Å². The molecule has 0 aliphatic carbocycles. The van der Waals surface area contributed by atoms with Crippen LogP contribution in [-0.2, 0) is 19.7 Å². The van der Waals surface area contributed by atoms with Gasteiger partial charge in [-0.25, -0.2) is 17.6 Å². The molecule has 1 unspecified atom stereocenters. The van der Waals surface area contributed by atoms with E-state index in [1.165, 1.54) is 4.89 Å². The summed E-state index contributed by atoms with van der Waals surface area (Å²) in [7, 11) is -4.24. The van der Waals surface area contributed by atoms with Crippen LogP contribution in [0.25, 0.3) is 0 Å². The van der Waals surface area contributed by atoms with E-state index < -0.39 is 21.5 Å². The van der Waals surface area contributed by atoms with Gasteiger partial charge in [0.2, 0.25) is 5.50 Å². The summed E-state index contributed by atoms with van der Waals surface area (Å²) >= 11 is 0. The molecule has 0 amide bonds. The molecule has 0 rings (SSSR count). The van der Waals surface area contributed by atoms with Gasteiger partial charge in [0.25, 0.3) is 10.0 Å². The topological polar surface area (TPSA) is 72.5 Å². The van der Waals surface area contributed by atoms with Gasteiger partial charge in [0.05, 0.1) is 0 Å². The molecule has 0 spiro atoms. The summed E-state index contributed by atoms with van der Waals surface area (Å²) in [5.74, 6) is -0.989. The Morgan fingerprint density at radius 3 is 2.71 bits per heavy atom. The second kappa shape index (κ2) is 5.71. The predicted molar refractivity (Wildman–Crippen MR) is 48.1 cm³/mol. The average Bonchev–Trinajstić information content (AvgIpc) is 2.14. The summed E-state index contributed by atoms with van der Waals surface area (Å²) in [6.45, 7) is 4.68. The van der Waals surface area contributed by atoms with Crippen LogP contribution in [-0.4, -0.2) is 19.9 Å². The lowest BCUT2D eigenvalue weighted by atomic mass is 10.4. The number of hydrogen-bond donors (Lipinski definition) is 1. The van der Waals surface area contributed by atoms with Crippen molar-refractivity contribution < 1.29 is 22.4 Å². The van der Waals surface area contributed by atoms with E-state index in [1.807, 2.05) is 0 Å². The van der Waals surface area contributed by atoms with Gasteiger partial charge in [-0.05, 0) is 11.3 Å². The van der Waals surface area contributed by atoms with Crippen molar-refractivity contribution in [1.29, 1.82) is 0 Å². The molecule has 0 aliphatic rings. The maximum absolute atomic E-state index is 12.9. The first kappa shape index (κ1) is 13.1. The highest BCUT2D eigenvalue weighted by Gasteiger charge is 2.24. The van der Waals surface area contributed by atoms with E-state index >= 15 is 0 Å². The average molecular weight is 225 g/mol. The number of hydrogen-bond acceptors (Lipinski definition) is 4. The van der Waals surface area contributed by atoms with Crippen LogP contribution in [0.15, 0.2) is 12.7 Å². The second-order valence-corrected chi connectivity index (χ2v) is 4.22. The van der Waals surface area contributed by atoms with Crippen molar-refractivity contribution in [2.75, 3.05) is 0 Å². The molecular weight excluding hydrogens is 213 g/mol. The molecule has 1 atom stereocenters. The van der Waals surface area contributed by atoms with Gasteiger partial charge in [0.15, 0.2) is 0 Å². The maximum Gasteiger partial charge on any atom is 0.349 e. The van der Waals surface area contributed by atoms with Crippen LogP contribution >= 0.6 is 0 Å². The summed E-state index contributed by atoms with van der Waals surface area (Å²) < 4.78 is 34.8. The Labute approximate surface area is 81.9 Å². The highest BCUT2D eigenvalue weighted by atomic mass is 32.2. The first-order chi connectivity index (χ1) is 6.44. The minimum Gasteiger partial charge on any atom is -0.352 e. The molecule has 0 radical (unpaired) electrons. The lowest BCUT2D eigenvalue weighted by molar-refractivity contribution is -0.141. The SMILES string of the molecule is C=CC(=O)ONS(=O)(=O)C(F)CCC. The van der Waals surface area contributed by atoms with Gasteiger partial charge in [0.1, 0.15) is 0 Å². The molecule has 0 saturated carbocycles. The van der Waals surface area contributed by atoms with Crippen molar-refractivity contribution in [3.8, 4) is 0 Å². The fraction of sp³-hybridized carbons (Fsp3) is 0.571. The number of halogens is 1. The van der Waals surface area contributed by atoms with Crippen LogP contribution in [0.1, 0.15) is 19.8 Å². The van der Waals surface area contributed by atoms with Gasteiger partial charge in [-0.15, -0.1) is 0 Å². The van der Waals surface area contributed by atoms with Gasteiger partial charge < -0.3 is 4.84 Å². The summed E-state index contributed by atoms with van der Waals surface area (Å²) in [5.41, 5.74) is -2.08. The van der Waals surface area contributed by atoms with Gasteiger partial charge in [-0.3, -0.25) is 0 Å². The van der Waals surface area contributed by atoms with Crippen molar-refractivity contribution >= 4 is 16.0 Å². The quantitative estimate of drug-likeness (QED) is 0.532. The number of carbonyl (C=O) groups is 1. The highest BCUT2D eigenvalue weighted by Crippen LogP contribution is 2.08. The smallest absolute Gasteiger partial charge is 0.349 e. The van der Waals surface area contributed by atoms with E-state index in [9.17, 15) is 17.6 Å². The van der Waals surface area contributed by atoms with Crippen molar-refractivity contribution in [1.82, 2.24) is 4.89 Å². The predicted octanol–water partition coefficient (Wildman–Crippen LogP) is 0.646. The van der Waals surface area contributed by atoms with Crippen molar-refractivity contribution in [3.63, 3.8) is 0 Å². The normalized spacial score (nSPS) is 13.3. The molecule has 1 N–H and O–H groups in total. The molecule has 7 heteroatoms. The largest absolute Gasteiger partial charge is 0.352 e. The van der Waals surface area contributed by atoms with E-state index in [4.69, 9.17) is 0 Å². The van der Waals surface area contributed by atoms with Gasteiger partial charge in [-0.2, -0.15) is 0 Å². The Morgan fingerprint density at radius 2 is 2.29 bits per heavy atom. The zero-order valence-electron chi connectivity index (χ0n) is 7.70.